The van der Waals surface area contributed by atoms with Gasteiger partial charge in [0.15, 0.2) is 0 Å². The molecule has 1 aromatic heterocycles. The number of aromatic nitrogens is 1. The maximum atomic E-state index is 11.8. The summed E-state index contributed by atoms with van der Waals surface area (Å²) in [7, 11) is 1.59. The zero-order valence-corrected chi connectivity index (χ0v) is 12.6. The Morgan fingerprint density at radius 2 is 2.00 bits per heavy atom. The van der Waals surface area contributed by atoms with Gasteiger partial charge in [-0.3, -0.25) is 4.79 Å². The number of nitrogens with zero attached hydrogens (tertiary/aromatic N) is 1. The number of anilines is 1. The first-order valence-electron chi connectivity index (χ1n) is 6.97. The second-order valence-corrected chi connectivity index (χ2v) is 4.65. The lowest BCUT2D eigenvalue weighted by molar-refractivity contribution is -0.117. The van der Waals surface area contributed by atoms with Crippen LogP contribution >= 0.6 is 0 Å². The SMILES string of the molecule is CC[C@@H](N)C(=O)Nc1cccc(Oc2cccc(OC)c2)n1. The zero-order chi connectivity index (χ0) is 15.9. The fraction of sp³-hybridized carbons (Fsp3) is 0.250. The van der Waals surface area contributed by atoms with Crippen LogP contribution in [-0.4, -0.2) is 24.0 Å². The molecule has 6 heteroatoms. The number of nitrogens with one attached hydrogen (secondary N) is 1. The normalized spacial score (nSPS) is 11.6. The van der Waals surface area contributed by atoms with Gasteiger partial charge in [-0.2, -0.15) is 4.98 Å². The molecule has 0 aliphatic heterocycles. The lowest BCUT2D eigenvalue weighted by Gasteiger charge is -2.11. The first-order valence-corrected chi connectivity index (χ1v) is 6.97. The van der Waals surface area contributed by atoms with Gasteiger partial charge in [0, 0.05) is 12.1 Å². The summed E-state index contributed by atoms with van der Waals surface area (Å²) in [5.41, 5.74) is 5.67. The summed E-state index contributed by atoms with van der Waals surface area (Å²) in [6.07, 6.45) is 0.561. The average Bonchev–Trinajstić information content (AvgIpc) is 2.54. The van der Waals surface area contributed by atoms with Gasteiger partial charge in [-0.15, -0.1) is 0 Å². The molecule has 1 heterocycles. The molecule has 1 aromatic carbocycles. The van der Waals surface area contributed by atoms with Gasteiger partial charge in [-0.1, -0.05) is 19.1 Å². The number of pyridine rings is 1. The van der Waals surface area contributed by atoms with Crippen LogP contribution in [0.1, 0.15) is 13.3 Å². The van der Waals surface area contributed by atoms with E-state index in [1.165, 1.54) is 0 Å². The van der Waals surface area contributed by atoms with Crippen LogP contribution < -0.4 is 20.5 Å². The number of methoxy groups -OCH3 is 1. The van der Waals surface area contributed by atoms with E-state index in [4.69, 9.17) is 15.2 Å². The summed E-state index contributed by atoms with van der Waals surface area (Å²) in [4.78, 5) is 16.0. The quantitative estimate of drug-likeness (QED) is 0.856. The van der Waals surface area contributed by atoms with E-state index in [2.05, 4.69) is 10.3 Å². The minimum absolute atomic E-state index is 0.270. The van der Waals surface area contributed by atoms with Crippen LogP contribution in [-0.2, 0) is 4.79 Å². The van der Waals surface area contributed by atoms with Crippen LogP contribution in [0.15, 0.2) is 42.5 Å². The van der Waals surface area contributed by atoms with Crippen molar-refractivity contribution in [2.45, 2.75) is 19.4 Å². The van der Waals surface area contributed by atoms with Crippen LogP contribution in [0, 0.1) is 0 Å². The smallest absolute Gasteiger partial charge is 0.242 e. The fourth-order valence-corrected chi connectivity index (χ4v) is 1.73. The van der Waals surface area contributed by atoms with E-state index < -0.39 is 6.04 Å². The predicted octanol–water partition coefficient (Wildman–Crippen LogP) is 2.56. The molecule has 0 radical (unpaired) electrons. The summed E-state index contributed by atoms with van der Waals surface area (Å²) >= 11 is 0. The molecule has 0 saturated carbocycles. The molecule has 6 nitrogen and oxygen atoms in total. The topological polar surface area (TPSA) is 86.5 Å². The maximum absolute atomic E-state index is 11.8. The van der Waals surface area contributed by atoms with E-state index in [9.17, 15) is 4.79 Å². The monoisotopic (exact) mass is 301 g/mol. The van der Waals surface area contributed by atoms with Gasteiger partial charge in [0.2, 0.25) is 11.8 Å². The molecule has 0 saturated heterocycles. The number of amides is 1. The van der Waals surface area contributed by atoms with Crippen molar-refractivity contribution in [3.05, 3.63) is 42.5 Å². The van der Waals surface area contributed by atoms with Crippen molar-refractivity contribution in [3.8, 4) is 17.4 Å². The largest absolute Gasteiger partial charge is 0.497 e. The van der Waals surface area contributed by atoms with Gasteiger partial charge < -0.3 is 20.5 Å². The summed E-state index contributed by atoms with van der Waals surface area (Å²) in [5, 5.41) is 2.66. The van der Waals surface area contributed by atoms with Crippen LogP contribution in [0.4, 0.5) is 5.82 Å². The Morgan fingerprint density at radius 1 is 1.27 bits per heavy atom. The molecular formula is C16H19N3O3. The molecule has 1 atom stereocenters. The molecule has 3 N–H and O–H groups in total. The summed E-state index contributed by atoms with van der Waals surface area (Å²) in [6.45, 7) is 1.85. The molecule has 0 aliphatic carbocycles. The van der Waals surface area contributed by atoms with Crippen molar-refractivity contribution in [2.75, 3.05) is 12.4 Å². The minimum atomic E-state index is -0.551. The van der Waals surface area contributed by atoms with Gasteiger partial charge in [0.25, 0.3) is 0 Å². The van der Waals surface area contributed by atoms with E-state index in [1.807, 2.05) is 19.1 Å². The summed E-state index contributed by atoms with van der Waals surface area (Å²) < 4.78 is 10.8. The van der Waals surface area contributed by atoms with E-state index in [0.29, 0.717) is 29.6 Å². The van der Waals surface area contributed by atoms with E-state index in [1.54, 1.807) is 37.4 Å². The molecule has 116 valence electrons. The highest BCUT2D eigenvalue weighted by Gasteiger charge is 2.12. The second-order valence-electron chi connectivity index (χ2n) is 4.65. The first-order chi connectivity index (χ1) is 10.6. The van der Waals surface area contributed by atoms with Gasteiger partial charge in [0.05, 0.1) is 13.2 Å². The lowest BCUT2D eigenvalue weighted by Crippen LogP contribution is -2.35. The summed E-state index contributed by atoms with van der Waals surface area (Å²) in [6, 6.07) is 11.8. The van der Waals surface area contributed by atoms with Gasteiger partial charge in [-0.05, 0) is 24.6 Å². The molecule has 0 unspecified atom stereocenters. The number of hydrogen-bond acceptors (Lipinski definition) is 5. The Hall–Kier alpha value is -2.60. The number of carbonyl (C=O) groups is 1. The predicted molar refractivity (Wildman–Crippen MR) is 84.2 cm³/mol. The Bertz CT molecular complexity index is 646. The Morgan fingerprint density at radius 3 is 2.73 bits per heavy atom. The molecule has 2 aromatic rings. The molecular weight excluding hydrogens is 282 g/mol. The zero-order valence-electron chi connectivity index (χ0n) is 12.6. The number of ether oxygens (including phenoxy) is 2. The number of nitrogens with two attached hydrogens (primary N) is 1. The molecule has 0 aliphatic rings. The van der Waals surface area contributed by atoms with Crippen molar-refractivity contribution in [2.24, 2.45) is 5.73 Å². The summed E-state index contributed by atoms with van der Waals surface area (Å²) in [5.74, 6) is 1.79. The molecule has 2 rings (SSSR count). The molecule has 0 fully saturated rings. The third kappa shape index (κ3) is 4.20. The average molecular weight is 301 g/mol. The molecule has 0 bridgehead atoms. The lowest BCUT2D eigenvalue weighted by atomic mass is 10.2. The van der Waals surface area contributed by atoms with Crippen LogP contribution in [0.3, 0.4) is 0 Å². The van der Waals surface area contributed by atoms with Crippen molar-refractivity contribution in [3.63, 3.8) is 0 Å². The number of benzene rings is 1. The van der Waals surface area contributed by atoms with Crippen molar-refractivity contribution < 1.29 is 14.3 Å². The van der Waals surface area contributed by atoms with Crippen LogP contribution in [0.2, 0.25) is 0 Å². The first kappa shape index (κ1) is 15.8. The second kappa shape index (κ2) is 7.42. The van der Waals surface area contributed by atoms with E-state index in [-0.39, 0.29) is 5.91 Å². The highest BCUT2D eigenvalue weighted by atomic mass is 16.5. The molecule has 22 heavy (non-hydrogen) atoms. The molecule has 0 spiro atoms. The van der Waals surface area contributed by atoms with Gasteiger partial charge >= 0.3 is 0 Å². The van der Waals surface area contributed by atoms with E-state index >= 15 is 0 Å². The minimum Gasteiger partial charge on any atom is -0.497 e. The standard InChI is InChI=1S/C16H19N3O3/c1-3-13(17)16(20)19-14-8-5-9-15(18-14)22-12-7-4-6-11(10-12)21-2/h4-10,13H,3,17H2,1-2H3,(H,18,19,20)/t13-/m1/s1. The number of hydrogen-bond donors (Lipinski definition) is 2. The van der Waals surface area contributed by atoms with Crippen molar-refractivity contribution in [1.29, 1.82) is 0 Å². The van der Waals surface area contributed by atoms with Gasteiger partial charge in [0.1, 0.15) is 17.3 Å². The third-order valence-electron chi connectivity index (χ3n) is 3.02. The Balaban J connectivity index is 2.09. The van der Waals surface area contributed by atoms with Crippen LogP contribution in [0.25, 0.3) is 0 Å². The maximum Gasteiger partial charge on any atom is 0.242 e. The highest BCUT2D eigenvalue weighted by molar-refractivity contribution is 5.93. The fourth-order valence-electron chi connectivity index (χ4n) is 1.73. The molecule has 1 amide bonds. The van der Waals surface area contributed by atoms with E-state index in [0.717, 1.165) is 0 Å². The highest BCUT2D eigenvalue weighted by Crippen LogP contribution is 2.24. The number of rotatable bonds is 6. The number of carbonyl (C=O) groups excluding carboxylic acids is 1. The van der Waals surface area contributed by atoms with Crippen molar-refractivity contribution >= 4 is 11.7 Å². The van der Waals surface area contributed by atoms with Crippen molar-refractivity contribution in [1.82, 2.24) is 4.98 Å². The van der Waals surface area contributed by atoms with Gasteiger partial charge in [-0.25, -0.2) is 0 Å². The Kier molecular flexibility index (Phi) is 5.32. The van der Waals surface area contributed by atoms with Crippen LogP contribution in [0.5, 0.6) is 17.4 Å². The Labute approximate surface area is 129 Å². The third-order valence-corrected chi connectivity index (χ3v) is 3.02.